The van der Waals surface area contributed by atoms with Crippen LogP contribution in [-0.2, 0) is 0 Å². The van der Waals surface area contributed by atoms with E-state index in [-0.39, 0.29) is 0 Å². The Morgan fingerprint density at radius 2 is 0.564 bits per heavy atom. The van der Waals surface area contributed by atoms with Crippen molar-refractivity contribution in [3.8, 4) is 89.8 Å². The number of aromatic amines is 1. The lowest BCUT2D eigenvalue weighted by Crippen LogP contribution is -1.98. The molecule has 55 heavy (non-hydrogen) atoms. The molecule has 10 aromatic rings. The van der Waals surface area contributed by atoms with Crippen LogP contribution in [-0.4, -0.2) is 19.9 Å². The SMILES string of the molecule is c1ccc(-c2ccc(-c3cc4nc(c3)-c3cccc5c3[nH]c3c(cccc35)-c3cc(-c5ccccc5)cc(n3)-c3cc(-c5ccccc5)cc-4n3)cc2)cc1. The molecule has 0 radical (unpaired) electrons. The zero-order valence-corrected chi connectivity index (χ0v) is 29.7. The van der Waals surface area contributed by atoms with Crippen LogP contribution in [0.15, 0.2) is 188 Å². The number of hydrogen-bond donors (Lipinski definition) is 1. The molecule has 6 aromatic carbocycles. The van der Waals surface area contributed by atoms with Gasteiger partial charge in [0.1, 0.15) is 0 Å². The van der Waals surface area contributed by atoms with E-state index < -0.39 is 0 Å². The summed E-state index contributed by atoms with van der Waals surface area (Å²) in [5.41, 5.74) is 18.0. The number of pyridine rings is 3. The third-order valence-electron chi connectivity index (χ3n) is 10.8. The Balaban J connectivity index is 1.23. The van der Waals surface area contributed by atoms with Gasteiger partial charge in [0.15, 0.2) is 0 Å². The first-order chi connectivity index (χ1) is 27.2. The Bertz CT molecular complexity index is 3060. The van der Waals surface area contributed by atoms with Gasteiger partial charge < -0.3 is 4.98 Å². The molecule has 0 saturated heterocycles. The van der Waals surface area contributed by atoms with Crippen LogP contribution in [0.4, 0.5) is 0 Å². The molecule has 0 saturated carbocycles. The van der Waals surface area contributed by atoms with E-state index in [0.717, 1.165) is 100 Å². The Morgan fingerprint density at radius 1 is 0.255 bits per heavy atom. The molecule has 0 spiro atoms. The van der Waals surface area contributed by atoms with Crippen molar-refractivity contribution < 1.29 is 0 Å². The van der Waals surface area contributed by atoms with Crippen LogP contribution in [0, 0.1) is 0 Å². The predicted molar refractivity (Wildman–Crippen MR) is 226 cm³/mol. The number of nitrogens with one attached hydrogen (secondary N) is 1. The molecule has 4 nitrogen and oxygen atoms in total. The molecule has 4 aromatic heterocycles. The maximum atomic E-state index is 5.43. The Hall–Kier alpha value is -7.43. The van der Waals surface area contributed by atoms with Crippen molar-refractivity contribution in [2.45, 2.75) is 0 Å². The maximum absolute atomic E-state index is 5.43. The van der Waals surface area contributed by atoms with Crippen molar-refractivity contribution in [2.24, 2.45) is 0 Å². The standard InChI is InChI=1S/C51H32N4/c1-4-12-32(13-5-1)35-22-24-36(25-23-35)38-27-45-43-21-11-19-41-40-18-10-20-42(50(40)55-51(41)43)44-26-37(33-14-6-2-7-15-33)28-46(52-44)48-30-39(34-16-8-3-9-17-34)31-49(54-48)47(29-38)53-45/h1-31,55H. The fourth-order valence-corrected chi connectivity index (χ4v) is 8.01. The summed E-state index contributed by atoms with van der Waals surface area (Å²) < 4.78 is 0. The number of nitrogens with zero attached hydrogens (tertiary/aromatic N) is 3. The van der Waals surface area contributed by atoms with Crippen LogP contribution in [0.5, 0.6) is 0 Å². The van der Waals surface area contributed by atoms with Crippen molar-refractivity contribution in [2.75, 3.05) is 0 Å². The van der Waals surface area contributed by atoms with Crippen LogP contribution in [0.1, 0.15) is 0 Å². The first-order valence-corrected chi connectivity index (χ1v) is 18.6. The number of benzene rings is 6. The normalized spacial score (nSPS) is 11.6. The summed E-state index contributed by atoms with van der Waals surface area (Å²) in [6, 6.07) is 66.4. The van der Waals surface area contributed by atoms with Gasteiger partial charge in [0.2, 0.25) is 0 Å². The van der Waals surface area contributed by atoms with E-state index in [1.807, 2.05) is 0 Å². The summed E-state index contributed by atoms with van der Waals surface area (Å²) in [6.07, 6.45) is 0. The van der Waals surface area contributed by atoms with Crippen molar-refractivity contribution in [3.05, 3.63) is 188 Å². The average Bonchev–Trinajstić information content (AvgIpc) is 3.66. The second-order valence-electron chi connectivity index (χ2n) is 14.1. The first-order valence-electron chi connectivity index (χ1n) is 18.6. The fraction of sp³-hybridized carbons (Fsp3) is 0. The number of rotatable bonds is 4. The van der Waals surface area contributed by atoms with E-state index in [2.05, 4.69) is 193 Å². The number of fused-ring (bicyclic) bond motifs is 11. The summed E-state index contributed by atoms with van der Waals surface area (Å²) in [6.45, 7) is 0. The number of aromatic nitrogens is 4. The van der Waals surface area contributed by atoms with Crippen molar-refractivity contribution >= 4 is 21.8 Å². The van der Waals surface area contributed by atoms with Crippen LogP contribution in [0.25, 0.3) is 112 Å². The highest BCUT2D eigenvalue weighted by Crippen LogP contribution is 2.41. The molecular weight excluding hydrogens is 669 g/mol. The van der Waals surface area contributed by atoms with Crippen molar-refractivity contribution in [3.63, 3.8) is 0 Å². The minimum atomic E-state index is 0.785. The molecule has 0 fully saturated rings. The molecule has 1 aliphatic heterocycles. The minimum Gasteiger partial charge on any atom is -0.353 e. The van der Waals surface area contributed by atoms with Gasteiger partial charge in [-0.1, -0.05) is 152 Å². The van der Waals surface area contributed by atoms with Crippen LogP contribution < -0.4 is 0 Å². The zero-order chi connectivity index (χ0) is 36.3. The van der Waals surface area contributed by atoms with Gasteiger partial charge in [-0.15, -0.1) is 0 Å². The fourth-order valence-electron chi connectivity index (χ4n) is 8.01. The molecule has 1 aliphatic rings. The third kappa shape index (κ3) is 5.43. The van der Waals surface area contributed by atoms with E-state index >= 15 is 0 Å². The second kappa shape index (κ2) is 12.6. The first kappa shape index (κ1) is 31.1. The monoisotopic (exact) mass is 700 g/mol. The summed E-state index contributed by atoms with van der Waals surface area (Å²) >= 11 is 0. The molecule has 4 heteroatoms. The quantitative estimate of drug-likeness (QED) is 0.199. The summed E-state index contributed by atoms with van der Waals surface area (Å²) in [7, 11) is 0. The number of H-pyrrole nitrogens is 1. The summed E-state index contributed by atoms with van der Waals surface area (Å²) in [5, 5.41) is 2.30. The Kier molecular flexibility index (Phi) is 7.14. The molecule has 0 atom stereocenters. The van der Waals surface area contributed by atoms with Crippen molar-refractivity contribution in [1.29, 1.82) is 0 Å². The van der Waals surface area contributed by atoms with E-state index in [1.54, 1.807) is 0 Å². The highest BCUT2D eigenvalue weighted by atomic mass is 14.8. The summed E-state index contributed by atoms with van der Waals surface area (Å²) in [4.78, 5) is 20.1. The smallest absolute Gasteiger partial charge is 0.0901 e. The lowest BCUT2D eigenvalue weighted by Gasteiger charge is -2.15. The van der Waals surface area contributed by atoms with Gasteiger partial charge in [-0.3, -0.25) is 0 Å². The molecule has 11 rings (SSSR count). The molecule has 1 N–H and O–H groups in total. The second-order valence-corrected chi connectivity index (χ2v) is 14.1. The molecule has 8 bridgehead atoms. The van der Waals surface area contributed by atoms with Gasteiger partial charge in [-0.25, -0.2) is 15.0 Å². The zero-order valence-electron chi connectivity index (χ0n) is 29.7. The van der Waals surface area contributed by atoms with E-state index in [0.29, 0.717) is 0 Å². The van der Waals surface area contributed by atoms with E-state index in [9.17, 15) is 0 Å². The predicted octanol–water partition coefficient (Wildman–Crippen LogP) is 13.2. The highest BCUT2D eigenvalue weighted by Gasteiger charge is 2.20. The van der Waals surface area contributed by atoms with Gasteiger partial charge >= 0.3 is 0 Å². The van der Waals surface area contributed by atoms with E-state index in [4.69, 9.17) is 15.0 Å². The third-order valence-corrected chi connectivity index (χ3v) is 10.8. The molecule has 0 aliphatic carbocycles. The Morgan fingerprint density at radius 3 is 0.964 bits per heavy atom. The molecule has 0 amide bonds. The van der Waals surface area contributed by atoms with Crippen LogP contribution >= 0.6 is 0 Å². The van der Waals surface area contributed by atoms with Gasteiger partial charge in [0, 0.05) is 21.9 Å². The van der Waals surface area contributed by atoms with Crippen molar-refractivity contribution in [1.82, 2.24) is 19.9 Å². The van der Waals surface area contributed by atoms with Gasteiger partial charge in [-0.2, -0.15) is 0 Å². The number of hydrogen-bond acceptors (Lipinski definition) is 3. The molecule has 5 heterocycles. The minimum absolute atomic E-state index is 0.785. The Labute approximate surface area is 318 Å². The summed E-state index contributed by atoms with van der Waals surface area (Å²) in [5.74, 6) is 0. The van der Waals surface area contributed by atoms with E-state index in [1.165, 1.54) is 11.1 Å². The largest absolute Gasteiger partial charge is 0.353 e. The maximum Gasteiger partial charge on any atom is 0.0901 e. The number of para-hydroxylation sites is 2. The van der Waals surface area contributed by atoms with Gasteiger partial charge in [0.25, 0.3) is 0 Å². The molecular formula is C51H32N4. The average molecular weight is 701 g/mol. The van der Waals surface area contributed by atoms with Gasteiger partial charge in [0.05, 0.1) is 45.2 Å². The lowest BCUT2D eigenvalue weighted by atomic mass is 9.97. The highest BCUT2D eigenvalue weighted by molar-refractivity contribution is 6.15. The van der Waals surface area contributed by atoms with Crippen LogP contribution in [0.2, 0.25) is 0 Å². The van der Waals surface area contributed by atoms with Gasteiger partial charge in [-0.05, 0) is 80.9 Å². The lowest BCUT2D eigenvalue weighted by molar-refractivity contribution is 1.22. The molecule has 0 unspecified atom stereocenters. The molecule has 256 valence electrons. The van der Waals surface area contributed by atoms with Crippen LogP contribution in [0.3, 0.4) is 0 Å². The topological polar surface area (TPSA) is 54.5 Å².